The minimum atomic E-state index is -0.0464. The highest BCUT2D eigenvalue weighted by atomic mass is 16.1. The van der Waals surface area contributed by atoms with Crippen LogP contribution in [-0.4, -0.2) is 41.2 Å². The number of hydrogen-bond donors (Lipinski definition) is 2. The first kappa shape index (κ1) is 19.2. The summed E-state index contributed by atoms with van der Waals surface area (Å²) in [5.41, 5.74) is 4.70. The fourth-order valence-corrected chi connectivity index (χ4v) is 3.45. The molecule has 2 aliphatic rings. The predicted molar refractivity (Wildman–Crippen MR) is 111 cm³/mol. The smallest absolute Gasteiger partial charge is 0.277 e. The lowest BCUT2D eigenvalue weighted by molar-refractivity contribution is 0.708. The second-order valence-electron chi connectivity index (χ2n) is 6.77. The average Bonchev–Trinajstić information content (AvgIpc) is 2.98. The maximum atomic E-state index is 12.5. The van der Waals surface area contributed by atoms with E-state index in [-0.39, 0.29) is 5.56 Å². The van der Waals surface area contributed by atoms with Crippen molar-refractivity contribution >= 4 is 5.69 Å². The number of anilines is 1. The summed E-state index contributed by atoms with van der Waals surface area (Å²) in [6, 6.07) is 8.49. The molecular weight excluding hydrogens is 338 g/mol. The highest BCUT2D eigenvalue weighted by Gasteiger charge is 2.17. The van der Waals surface area contributed by atoms with Crippen molar-refractivity contribution < 1.29 is 0 Å². The van der Waals surface area contributed by atoms with Gasteiger partial charge in [-0.2, -0.15) is 0 Å². The Bertz CT molecular complexity index is 905. The van der Waals surface area contributed by atoms with Crippen LogP contribution >= 0.6 is 0 Å². The highest BCUT2D eigenvalue weighted by molar-refractivity contribution is 5.64. The van der Waals surface area contributed by atoms with Gasteiger partial charge < -0.3 is 15.2 Å². The monoisotopic (exact) mass is 367 g/mol. The molecule has 144 valence electrons. The van der Waals surface area contributed by atoms with Crippen LogP contribution in [0.5, 0.6) is 0 Å². The Morgan fingerprint density at radius 2 is 1.89 bits per heavy atom. The summed E-state index contributed by atoms with van der Waals surface area (Å²) in [4.78, 5) is 22.8. The largest absolute Gasteiger partial charge is 0.372 e. The molecule has 0 spiro atoms. The van der Waals surface area contributed by atoms with Crippen LogP contribution in [0.4, 0.5) is 5.69 Å². The van der Waals surface area contributed by atoms with Gasteiger partial charge in [0.25, 0.3) is 5.56 Å². The molecule has 0 saturated heterocycles. The molecule has 6 heteroatoms. The number of nitrogens with zero attached hydrogens (tertiary/aromatic N) is 3. The minimum Gasteiger partial charge on any atom is -0.372 e. The SMILES string of the molecule is CCN(CC)c1ccc(-c2cn3c(=O)c(C)nc-3c(CCCNC)[nH]2)cc1. The van der Waals surface area contributed by atoms with E-state index in [4.69, 9.17) is 0 Å². The van der Waals surface area contributed by atoms with E-state index in [2.05, 4.69) is 58.3 Å². The molecule has 0 saturated carbocycles. The Labute approximate surface area is 160 Å². The third-order valence-electron chi connectivity index (χ3n) is 5.00. The molecule has 6 nitrogen and oxygen atoms in total. The minimum absolute atomic E-state index is 0.0464. The van der Waals surface area contributed by atoms with Crippen molar-refractivity contribution in [3.05, 3.63) is 52.2 Å². The number of H-pyrrole nitrogens is 1. The van der Waals surface area contributed by atoms with Gasteiger partial charge in [0.1, 0.15) is 5.69 Å². The molecule has 2 N–H and O–H groups in total. The van der Waals surface area contributed by atoms with Gasteiger partial charge >= 0.3 is 0 Å². The lowest BCUT2D eigenvalue weighted by Crippen LogP contribution is -2.21. The van der Waals surface area contributed by atoms with E-state index in [0.717, 1.165) is 55.2 Å². The first-order chi connectivity index (χ1) is 13.1. The third-order valence-corrected chi connectivity index (χ3v) is 5.00. The zero-order valence-corrected chi connectivity index (χ0v) is 16.7. The summed E-state index contributed by atoms with van der Waals surface area (Å²) in [7, 11) is 1.95. The standard InChI is InChI=1S/C21H29N5O/c1-5-25(6-2)17-11-9-16(10-12-17)19-14-26-20(23-15(3)21(26)27)18(24-19)8-7-13-22-4/h9-12,14,22,24H,5-8,13H2,1-4H3. The number of nitrogens with one attached hydrogen (secondary N) is 2. The molecular formula is C21H29N5O. The van der Waals surface area contributed by atoms with Crippen molar-refractivity contribution in [3.63, 3.8) is 0 Å². The highest BCUT2D eigenvalue weighted by Crippen LogP contribution is 2.24. The van der Waals surface area contributed by atoms with E-state index in [0.29, 0.717) is 5.69 Å². The van der Waals surface area contributed by atoms with Crippen LogP contribution in [0.2, 0.25) is 0 Å². The molecule has 0 aromatic heterocycles. The van der Waals surface area contributed by atoms with Gasteiger partial charge in [0.2, 0.25) is 0 Å². The number of hydrogen-bond acceptors (Lipinski definition) is 4. The van der Waals surface area contributed by atoms with E-state index < -0.39 is 0 Å². The number of rotatable bonds is 8. The molecule has 0 bridgehead atoms. The molecule has 0 unspecified atom stereocenters. The molecule has 2 heterocycles. The summed E-state index contributed by atoms with van der Waals surface area (Å²) in [5.74, 6) is 0.733. The summed E-state index contributed by atoms with van der Waals surface area (Å²) >= 11 is 0. The average molecular weight is 367 g/mol. The molecule has 0 fully saturated rings. The van der Waals surface area contributed by atoms with Crippen LogP contribution in [0.25, 0.3) is 17.1 Å². The van der Waals surface area contributed by atoms with Crippen LogP contribution in [-0.2, 0) is 6.42 Å². The summed E-state index contributed by atoms with van der Waals surface area (Å²) in [6.45, 7) is 8.98. The summed E-state index contributed by atoms with van der Waals surface area (Å²) in [6.07, 6.45) is 3.68. The van der Waals surface area contributed by atoms with Crippen LogP contribution in [0.3, 0.4) is 0 Å². The van der Waals surface area contributed by atoms with Crippen molar-refractivity contribution in [2.45, 2.75) is 33.6 Å². The van der Waals surface area contributed by atoms with Gasteiger partial charge in [-0.25, -0.2) is 4.98 Å². The molecule has 0 amide bonds. The van der Waals surface area contributed by atoms with Crippen LogP contribution in [0.15, 0.2) is 35.3 Å². The van der Waals surface area contributed by atoms with Crippen molar-refractivity contribution in [2.75, 3.05) is 31.6 Å². The quantitative estimate of drug-likeness (QED) is 0.601. The lowest BCUT2D eigenvalue weighted by atomic mass is 10.1. The lowest BCUT2D eigenvalue weighted by Gasteiger charge is -2.21. The molecule has 3 rings (SSSR count). The molecule has 1 aromatic carbocycles. The number of fused-ring (bicyclic) bond motifs is 1. The Balaban J connectivity index is 2.02. The van der Waals surface area contributed by atoms with E-state index in [1.165, 1.54) is 5.69 Å². The molecule has 0 atom stereocenters. The van der Waals surface area contributed by atoms with Crippen LogP contribution < -0.4 is 15.8 Å². The number of aryl methyl sites for hydroxylation is 2. The van der Waals surface area contributed by atoms with Crippen molar-refractivity contribution in [1.29, 1.82) is 0 Å². The first-order valence-corrected chi connectivity index (χ1v) is 9.69. The van der Waals surface area contributed by atoms with Gasteiger partial charge in [0.05, 0.1) is 11.4 Å². The van der Waals surface area contributed by atoms with Crippen molar-refractivity contribution in [1.82, 2.24) is 19.9 Å². The normalized spacial score (nSPS) is 11.3. The topological polar surface area (TPSA) is 66.0 Å². The van der Waals surface area contributed by atoms with Gasteiger partial charge in [0, 0.05) is 25.0 Å². The third kappa shape index (κ3) is 3.90. The summed E-state index contributed by atoms with van der Waals surface area (Å²) in [5, 5.41) is 3.17. The zero-order valence-electron chi connectivity index (χ0n) is 16.7. The molecule has 1 aromatic rings. The second-order valence-corrected chi connectivity index (χ2v) is 6.77. The van der Waals surface area contributed by atoms with Crippen molar-refractivity contribution in [2.24, 2.45) is 0 Å². The number of benzene rings is 1. The van der Waals surface area contributed by atoms with Crippen LogP contribution in [0.1, 0.15) is 31.7 Å². The van der Waals surface area contributed by atoms with Gasteiger partial charge in [-0.1, -0.05) is 12.1 Å². The van der Waals surface area contributed by atoms with E-state index in [1.807, 2.05) is 13.2 Å². The number of aromatic amines is 1. The maximum absolute atomic E-state index is 12.5. The zero-order chi connectivity index (χ0) is 19.4. The Morgan fingerprint density at radius 3 is 2.52 bits per heavy atom. The predicted octanol–water partition coefficient (Wildman–Crippen LogP) is 2.97. The van der Waals surface area contributed by atoms with Gasteiger partial charge in [-0.15, -0.1) is 0 Å². The fourth-order valence-electron chi connectivity index (χ4n) is 3.45. The fraction of sp³-hybridized carbons (Fsp3) is 0.429. The molecule has 0 aliphatic carbocycles. The van der Waals surface area contributed by atoms with Gasteiger partial charge in [0.15, 0.2) is 5.82 Å². The van der Waals surface area contributed by atoms with E-state index in [1.54, 1.807) is 11.5 Å². The van der Waals surface area contributed by atoms with E-state index >= 15 is 0 Å². The summed E-state index contributed by atoms with van der Waals surface area (Å²) < 4.78 is 1.67. The Hall–Kier alpha value is -2.60. The number of imidazole rings is 1. The van der Waals surface area contributed by atoms with Gasteiger partial charge in [-0.05, 0) is 64.9 Å². The molecule has 27 heavy (non-hydrogen) atoms. The molecule has 0 radical (unpaired) electrons. The molecule has 2 aliphatic heterocycles. The first-order valence-electron chi connectivity index (χ1n) is 9.69. The van der Waals surface area contributed by atoms with Crippen molar-refractivity contribution in [3.8, 4) is 17.1 Å². The Morgan fingerprint density at radius 1 is 1.19 bits per heavy atom. The maximum Gasteiger partial charge on any atom is 0.277 e. The Kier molecular flexibility index (Phi) is 5.96. The second kappa shape index (κ2) is 8.39. The van der Waals surface area contributed by atoms with Crippen LogP contribution in [0, 0.1) is 6.92 Å². The van der Waals surface area contributed by atoms with Gasteiger partial charge in [-0.3, -0.25) is 9.36 Å². The van der Waals surface area contributed by atoms with E-state index in [9.17, 15) is 4.79 Å². The number of aromatic nitrogens is 3.